The van der Waals surface area contributed by atoms with Gasteiger partial charge < -0.3 is 15.0 Å². The number of benzene rings is 2. The van der Waals surface area contributed by atoms with Gasteiger partial charge in [-0.2, -0.15) is 0 Å². The molecule has 0 bridgehead atoms. The molecule has 3 rings (SSSR count). The Morgan fingerprint density at radius 3 is 2.48 bits per heavy atom. The van der Waals surface area contributed by atoms with Crippen molar-refractivity contribution >= 4 is 23.0 Å². The molecule has 0 aliphatic carbocycles. The fraction of sp³-hybridized carbons (Fsp3) is 0.409. The molecule has 0 aromatic heterocycles. The standard InChI is InChI=1S/C22H29N3OS/c1-19-8-10-21(11-9-19)25(18-20-6-3-2-4-7-20)22(27)23-12-5-13-24-14-16-26-17-15-24/h2-4,6-11H,5,12-18H2,1H3,(H,23,27). The lowest BCUT2D eigenvalue weighted by Crippen LogP contribution is -2.41. The van der Waals surface area contributed by atoms with Crippen LogP contribution in [0.5, 0.6) is 0 Å². The van der Waals surface area contributed by atoms with E-state index in [0.717, 1.165) is 63.2 Å². The van der Waals surface area contributed by atoms with E-state index >= 15 is 0 Å². The van der Waals surface area contributed by atoms with Gasteiger partial charge in [0.2, 0.25) is 0 Å². The predicted molar refractivity (Wildman–Crippen MR) is 116 cm³/mol. The Hall–Kier alpha value is -1.95. The van der Waals surface area contributed by atoms with Crippen LogP contribution in [0.2, 0.25) is 0 Å². The number of thiocarbonyl (C=S) groups is 1. The van der Waals surface area contributed by atoms with Crippen LogP contribution in [0, 0.1) is 6.92 Å². The Morgan fingerprint density at radius 1 is 1.07 bits per heavy atom. The fourth-order valence-corrected chi connectivity index (χ4v) is 3.46. The van der Waals surface area contributed by atoms with Gasteiger partial charge in [-0.15, -0.1) is 0 Å². The summed E-state index contributed by atoms with van der Waals surface area (Å²) < 4.78 is 5.40. The molecule has 1 aliphatic rings. The molecule has 0 spiro atoms. The maximum Gasteiger partial charge on any atom is 0.173 e. The van der Waals surface area contributed by atoms with Crippen molar-refractivity contribution in [1.82, 2.24) is 10.2 Å². The van der Waals surface area contributed by atoms with Gasteiger partial charge in [0.05, 0.1) is 19.8 Å². The summed E-state index contributed by atoms with van der Waals surface area (Å²) in [6.45, 7) is 8.61. The van der Waals surface area contributed by atoms with E-state index < -0.39 is 0 Å². The lowest BCUT2D eigenvalue weighted by molar-refractivity contribution is 0.0376. The highest BCUT2D eigenvalue weighted by atomic mass is 32.1. The van der Waals surface area contributed by atoms with Crippen LogP contribution in [0.4, 0.5) is 5.69 Å². The normalized spacial score (nSPS) is 14.7. The summed E-state index contributed by atoms with van der Waals surface area (Å²) in [5.74, 6) is 0. The number of nitrogens with zero attached hydrogens (tertiary/aromatic N) is 2. The molecular weight excluding hydrogens is 354 g/mol. The molecule has 1 aliphatic heterocycles. The van der Waals surface area contributed by atoms with Crippen molar-refractivity contribution in [1.29, 1.82) is 0 Å². The third-order valence-electron chi connectivity index (χ3n) is 4.81. The first-order valence-corrected chi connectivity index (χ1v) is 10.1. The molecule has 2 aromatic carbocycles. The Bertz CT molecular complexity index is 699. The SMILES string of the molecule is Cc1ccc(N(Cc2ccccc2)C(=S)NCCCN2CCOCC2)cc1. The molecule has 0 radical (unpaired) electrons. The summed E-state index contributed by atoms with van der Waals surface area (Å²) in [4.78, 5) is 4.63. The largest absolute Gasteiger partial charge is 0.379 e. The molecule has 27 heavy (non-hydrogen) atoms. The number of ether oxygens (including phenoxy) is 1. The van der Waals surface area contributed by atoms with Gasteiger partial charge in [0, 0.05) is 25.3 Å². The minimum Gasteiger partial charge on any atom is -0.379 e. The number of nitrogens with one attached hydrogen (secondary N) is 1. The average Bonchev–Trinajstić information content (AvgIpc) is 2.72. The average molecular weight is 384 g/mol. The second-order valence-corrected chi connectivity index (χ2v) is 7.33. The first kappa shape index (κ1) is 19.8. The predicted octanol–water partition coefficient (Wildman–Crippen LogP) is 3.60. The van der Waals surface area contributed by atoms with Gasteiger partial charge in [0.15, 0.2) is 5.11 Å². The quantitative estimate of drug-likeness (QED) is 0.583. The van der Waals surface area contributed by atoms with E-state index in [-0.39, 0.29) is 0 Å². The molecule has 144 valence electrons. The third-order valence-corrected chi connectivity index (χ3v) is 5.17. The van der Waals surface area contributed by atoms with Gasteiger partial charge >= 0.3 is 0 Å². The third kappa shape index (κ3) is 6.31. The van der Waals surface area contributed by atoms with Crippen LogP contribution in [0.3, 0.4) is 0 Å². The summed E-state index contributed by atoms with van der Waals surface area (Å²) in [5, 5.41) is 4.24. The van der Waals surface area contributed by atoms with Gasteiger partial charge in [-0.1, -0.05) is 48.0 Å². The van der Waals surface area contributed by atoms with Crippen LogP contribution in [0.25, 0.3) is 0 Å². The van der Waals surface area contributed by atoms with Crippen molar-refractivity contribution in [3.8, 4) is 0 Å². The Kier molecular flexibility index (Phi) is 7.63. The van der Waals surface area contributed by atoms with Gasteiger partial charge in [0.25, 0.3) is 0 Å². The second kappa shape index (κ2) is 10.4. The number of hydrogen-bond acceptors (Lipinski definition) is 3. The summed E-state index contributed by atoms with van der Waals surface area (Å²) in [7, 11) is 0. The van der Waals surface area contributed by atoms with E-state index in [4.69, 9.17) is 17.0 Å². The van der Waals surface area contributed by atoms with Crippen molar-refractivity contribution in [3.05, 3.63) is 65.7 Å². The molecule has 0 unspecified atom stereocenters. The first-order valence-electron chi connectivity index (χ1n) is 9.68. The number of anilines is 1. The summed E-state index contributed by atoms with van der Waals surface area (Å²) >= 11 is 5.74. The smallest absolute Gasteiger partial charge is 0.173 e. The van der Waals surface area contributed by atoms with Crippen LogP contribution in [0.1, 0.15) is 17.5 Å². The number of aryl methyl sites for hydroxylation is 1. The minimum atomic E-state index is 0.763. The molecular formula is C22H29N3OS. The van der Waals surface area contributed by atoms with Crippen molar-refractivity contribution in [3.63, 3.8) is 0 Å². The first-order chi connectivity index (χ1) is 13.2. The topological polar surface area (TPSA) is 27.7 Å². The Balaban J connectivity index is 1.57. The van der Waals surface area contributed by atoms with Crippen molar-refractivity contribution < 1.29 is 4.74 Å². The van der Waals surface area contributed by atoms with Crippen LogP contribution in [0.15, 0.2) is 54.6 Å². The molecule has 1 fully saturated rings. The summed E-state index contributed by atoms with van der Waals surface area (Å²) in [5.41, 5.74) is 3.62. The van der Waals surface area contributed by atoms with Crippen LogP contribution < -0.4 is 10.2 Å². The second-order valence-electron chi connectivity index (χ2n) is 6.95. The zero-order valence-electron chi connectivity index (χ0n) is 16.1. The summed E-state index contributed by atoms with van der Waals surface area (Å²) in [6.07, 6.45) is 1.08. The lowest BCUT2D eigenvalue weighted by atomic mass is 10.2. The number of morpholine rings is 1. The molecule has 1 saturated heterocycles. The monoisotopic (exact) mass is 383 g/mol. The maximum atomic E-state index is 5.74. The molecule has 1 N–H and O–H groups in total. The van der Waals surface area contributed by atoms with Crippen LogP contribution in [-0.2, 0) is 11.3 Å². The van der Waals surface area contributed by atoms with Gasteiger partial charge in [-0.25, -0.2) is 0 Å². The summed E-state index contributed by atoms with van der Waals surface area (Å²) in [6, 6.07) is 19.0. The van der Waals surface area contributed by atoms with Gasteiger partial charge in [-0.05, 0) is 49.8 Å². The van der Waals surface area contributed by atoms with Crippen molar-refractivity contribution in [2.24, 2.45) is 0 Å². The van der Waals surface area contributed by atoms with E-state index in [1.54, 1.807) is 0 Å². The molecule has 2 aromatic rings. The molecule has 0 atom stereocenters. The number of hydrogen-bond donors (Lipinski definition) is 1. The fourth-order valence-electron chi connectivity index (χ4n) is 3.19. The van der Waals surface area contributed by atoms with Crippen LogP contribution in [-0.4, -0.2) is 49.4 Å². The molecule has 5 heteroatoms. The molecule has 0 saturated carbocycles. The van der Waals surface area contributed by atoms with E-state index in [1.165, 1.54) is 11.1 Å². The maximum absolute atomic E-state index is 5.74. The van der Waals surface area contributed by atoms with E-state index in [0.29, 0.717) is 0 Å². The Morgan fingerprint density at radius 2 is 1.78 bits per heavy atom. The molecule has 1 heterocycles. The van der Waals surface area contributed by atoms with Crippen LogP contribution >= 0.6 is 12.2 Å². The van der Waals surface area contributed by atoms with Gasteiger partial charge in [0.1, 0.15) is 0 Å². The minimum absolute atomic E-state index is 0.763. The van der Waals surface area contributed by atoms with E-state index in [2.05, 4.69) is 70.6 Å². The zero-order valence-corrected chi connectivity index (χ0v) is 16.9. The highest BCUT2D eigenvalue weighted by Gasteiger charge is 2.13. The van der Waals surface area contributed by atoms with Gasteiger partial charge in [-0.3, -0.25) is 4.90 Å². The Labute approximate surface area is 168 Å². The lowest BCUT2D eigenvalue weighted by Gasteiger charge is -2.28. The van der Waals surface area contributed by atoms with E-state index in [1.807, 2.05) is 6.07 Å². The number of rotatable bonds is 7. The zero-order chi connectivity index (χ0) is 18.9. The molecule has 4 nitrogen and oxygen atoms in total. The van der Waals surface area contributed by atoms with E-state index in [9.17, 15) is 0 Å². The molecule has 0 amide bonds. The highest BCUT2D eigenvalue weighted by Crippen LogP contribution is 2.18. The van der Waals surface area contributed by atoms with Crippen molar-refractivity contribution in [2.45, 2.75) is 19.9 Å². The highest BCUT2D eigenvalue weighted by molar-refractivity contribution is 7.80. The van der Waals surface area contributed by atoms with Crippen molar-refractivity contribution in [2.75, 3.05) is 44.3 Å².